The van der Waals surface area contributed by atoms with E-state index >= 15 is 0 Å². The average molecular weight is 481 g/mol. The third-order valence-corrected chi connectivity index (χ3v) is 6.47. The number of anilines is 1. The molecule has 3 rings (SSSR count). The van der Waals surface area contributed by atoms with Crippen molar-refractivity contribution in [1.82, 2.24) is 14.7 Å². The number of nitrogens with one attached hydrogen (secondary N) is 1. The predicted octanol–water partition coefficient (Wildman–Crippen LogP) is -0.675. The summed E-state index contributed by atoms with van der Waals surface area (Å²) in [5.41, 5.74) is 8.91. The SMILES string of the molecule is [N-]=[N+]=Nc1ccc(NCCN2CCN(CCN3C[C@H](O)[C@@H](O)[C@H](O)[C@H]3CO)CC2)c([N+](=O)[O-])c1. The fraction of sp³-hybridized carbons (Fsp3) is 0.700. The van der Waals surface area contributed by atoms with Crippen molar-refractivity contribution in [2.24, 2.45) is 5.11 Å². The molecule has 2 heterocycles. The first kappa shape index (κ1) is 26.1. The first-order chi connectivity index (χ1) is 16.3. The average Bonchev–Trinajstić information content (AvgIpc) is 2.83. The van der Waals surface area contributed by atoms with Crippen LogP contribution in [0.4, 0.5) is 17.1 Å². The Kier molecular flexibility index (Phi) is 9.38. The lowest BCUT2D eigenvalue weighted by molar-refractivity contribution is -0.383. The topological polar surface area (TPSA) is 195 Å². The summed E-state index contributed by atoms with van der Waals surface area (Å²) in [5.74, 6) is 0. The molecule has 0 saturated carbocycles. The van der Waals surface area contributed by atoms with E-state index in [1.54, 1.807) is 0 Å². The molecule has 5 N–H and O–H groups in total. The van der Waals surface area contributed by atoms with Gasteiger partial charge >= 0.3 is 0 Å². The van der Waals surface area contributed by atoms with Gasteiger partial charge in [0.05, 0.1) is 23.7 Å². The molecule has 1 aromatic carbocycles. The molecule has 0 aromatic heterocycles. The van der Waals surface area contributed by atoms with E-state index in [1.807, 2.05) is 4.90 Å². The van der Waals surface area contributed by atoms with Crippen LogP contribution in [0.5, 0.6) is 0 Å². The van der Waals surface area contributed by atoms with Crippen molar-refractivity contribution in [3.63, 3.8) is 0 Å². The van der Waals surface area contributed by atoms with Gasteiger partial charge < -0.3 is 25.7 Å². The lowest BCUT2D eigenvalue weighted by Crippen LogP contribution is -2.63. The Morgan fingerprint density at radius 3 is 2.41 bits per heavy atom. The molecule has 2 fully saturated rings. The number of rotatable bonds is 10. The number of benzene rings is 1. The number of azide groups is 1. The molecule has 0 bridgehead atoms. The molecule has 14 nitrogen and oxygen atoms in total. The summed E-state index contributed by atoms with van der Waals surface area (Å²) in [6, 6.07) is 3.70. The van der Waals surface area contributed by atoms with Gasteiger partial charge in [-0.05, 0) is 11.6 Å². The van der Waals surface area contributed by atoms with E-state index in [4.69, 9.17) is 5.53 Å². The standard InChI is InChI=1S/C20H32N8O6/c21-24-23-14-1-2-15(16(11-14)28(33)34)22-3-4-25-5-7-26(8-6-25)9-10-27-12-18(30)20(32)19(31)17(27)13-29/h1-2,11,17-20,22,29-32H,3-10,12-13H2/t17-,18+,19-,20-/m1/s1. The summed E-state index contributed by atoms with van der Waals surface area (Å²) in [6.45, 7) is 5.71. The van der Waals surface area contributed by atoms with Crippen molar-refractivity contribution >= 4 is 17.1 Å². The quantitative estimate of drug-likeness (QED) is 0.0941. The summed E-state index contributed by atoms with van der Waals surface area (Å²) >= 11 is 0. The zero-order valence-corrected chi connectivity index (χ0v) is 18.8. The number of aliphatic hydroxyl groups excluding tert-OH is 4. The van der Waals surface area contributed by atoms with Crippen LogP contribution in [0.1, 0.15) is 0 Å². The monoisotopic (exact) mass is 480 g/mol. The van der Waals surface area contributed by atoms with E-state index in [2.05, 4.69) is 25.1 Å². The van der Waals surface area contributed by atoms with Crippen LogP contribution in [-0.2, 0) is 0 Å². The molecule has 0 aliphatic carbocycles. The Morgan fingerprint density at radius 1 is 1.12 bits per heavy atom. The van der Waals surface area contributed by atoms with Crippen LogP contribution in [0.25, 0.3) is 10.4 Å². The van der Waals surface area contributed by atoms with Crippen molar-refractivity contribution in [1.29, 1.82) is 0 Å². The molecule has 14 heteroatoms. The highest BCUT2D eigenvalue weighted by molar-refractivity contribution is 5.66. The van der Waals surface area contributed by atoms with Crippen molar-refractivity contribution in [3.05, 3.63) is 38.8 Å². The molecule has 0 amide bonds. The second-order valence-corrected chi connectivity index (χ2v) is 8.55. The summed E-state index contributed by atoms with van der Waals surface area (Å²) in [4.78, 5) is 19.8. The molecule has 0 spiro atoms. The summed E-state index contributed by atoms with van der Waals surface area (Å²) in [6.07, 6.45) is -3.49. The lowest BCUT2D eigenvalue weighted by Gasteiger charge is -2.44. The van der Waals surface area contributed by atoms with Gasteiger partial charge in [-0.1, -0.05) is 11.2 Å². The largest absolute Gasteiger partial charge is 0.395 e. The number of aliphatic hydroxyl groups is 4. The van der Waals surface area contributed by atoms with E-state index in [1.165, 1.54) is 18.2 Å². The van der Waals surface area contributed by atoms with Crippen LogP contribution >= 0.6 is 0 Å². The fourth-order valence-electron chi connectivity index (χ4n) is 4.42. The van der Waals surface area contributed by atoms with Gasteiger partial charge in [-0.15, -0.1) is 0 Å². The van der Waals surface area contributed by atoms with Crippen LogP contribution in [0.3, 0.4) is 0 Å². The van der Waals surface area contributed by atoms with Gasteiger partial charge in [-0.25, -0.2) is 0 Å². The molecule has 2 aliphatic rings. The first-order valence-electron chi connectivity index (χ1n) is 11.2. The van der Waals surface area contributed by atoms with E-state index in [-0.39, 0.29) is 24.5 Å². The number of nitrogens with zero attached hydrogens (tertiary/aromatic N) is 7. The zero-order chi connectivity index (χ0) is 24.7. The zero-order valence-electron chi connectivity index (χ0n) is 18.8. The minimum Gasteiger partial charge on any atom is -0.395 e. The summed E-state index contributed by atoms with van der Waals surface area (Å²) < 4.78 is 0. The minimum absolute atomic E-state index is 0.142. The predicted molar refractivity (Wildman–Crippen MR) is 124 cm³/mol. The van der Waals surface area contributed by atoms with Gasteiger partial charge in [0.15, 0.2) is 0 Å². The Labute approximate surface area is 196 Å². The van der Waals surface area contributed by atoms with Crippen LogP contribution in [0.15, 0.2) is 23.3 Å². The van der Waals surface area contributed by atoms with E-state index in [9.17, 15) is 30.5 Å². The number of hydrogen-bond donors (Lipinski definition) is 5. The van der Waals surface area contributed by atoms with Gasteiger partial charge in [0.25, 0.3) is 5.69 Å². The number of piperazine rings is 1. The van der Waals surface area contributed by atoms with Crippen LogP contribution < -0.4 is 5.32 Å². The third kappa shape index (κ3) is 6.52. The molecular formula is C20H32N8O6. The Balaban J connectivity index is 1.41. The number of nitro benzene ring substituents is 1. The maximum atomic E-state index is 11.3. The number of likely N-dealkylation sites (tertiary alicyclic amines) is 1. The molecule has 34 heavy (non-hydrogen) atoms. The van der Waals surface area contributed by atoms with Crippen molar-refractivity contribution in [3.8, 4) is 0 Å². The van der Waals surface area contributed by atoms with Gasteiger partial charge in [0.2, 0.25) is 0 Å². The molecule has 0 radical (unpaired) electrons. The second-order valence-electron chi connectivity index (χ2n) is 8.55. The van der Waals surface area contributed by atoms with Crippen LogP contribution in [0.2, 0.25) is 0 Å². The van der Waals surface area contributed by atoms with Gasteiger partial charge in [-0.3, -0.25) is 24.8 Å². The normalized spacial score (nSPS) is 26.7. The molecule has 4 atom stereocenters. The smallest absolute Gasteiger partial charge is 0.292 e. The van der Waals surface area contributed by atoms with Crippen molar-refractivity contribution < 1.29 is 25.3 Å². The minimum atomic E-state index is -1.25. The molecule has 2 aliphatic heterocycles. The van der Waals surface area contributed by atoms with Gasteiger partial charge in [0, 0.05) is 75.6 Å². The Hall–Kier alpha value is -2.55. The Morgan fingerprint density at radius 2 is 1.79 bits per heavy atom. The molecular weight excluding hydrogens is 448 g/mol. The highest BCUT2D eigenvalue weighted by Gasteiger charge is 2.40. The highest BCUT2D eigenvalue weighted by Crippen LogP contribution is 2.29. The van der Waals surface area contributed by atoms with Crippen LogP contribution in [-0.4, -0.2) is 130 Å². The van der Waals surface area contributed by atoms with Gasteiger partial charge in [0.1, 0.15) is 17.9 Å². The number of nitro groups is 1. The molecule has 0 unspecified atom stereocenters. The first-order valence-corrected chi connectivity index (χ1v) is 11.2. The van der Waals surface area contributed by atoms with Crippen molar-refractivity contribution in [2.45, 2.75) is 24.4 Å². The molecule has 188 valence electrons. The number of β-amino-alcohol motifs (C(OH)–C–C–N with tert-alkyl or cyclic N) is 1. The number of piperidine rings is 1. The van der Waals surface area contributed by atoms with Gasteiger partial charge in [-0.2, -0.15) is 0 Å². The summed E-state index contributed by atoms with van der Waals surface area (Å²) in [5, 5.41) is 57.2. The molecule has 1 aromatic rings. The molecule has 2 saturated heterocycles. The third-order valence-electron chi connectivity index (χ3n) is 6.47. The lowest BCUT2D eigenvalue weighted by atomic mass is 9.94. The van der Waals surface area contributed by atoms with E-state index < -0.39 is 29.3 Å². The van der Waals surface area contributed by atoms with Crippen molar-refractivity contribution in [2.75, 3.05) is 70.8 Å². The number of hydrogen-bond acceptors (Lipinski definition) is 11. The van der Waals surface area contributed by atoms with E-state index in [0.717, 1.165) is 26.2 Å². The fourth-order valence-corrected chi connectivity index (χ4v) is 4.42. The maximum Gasteiger partial charge on any atom is 0.292 e. The summed E-state index contributed by atoms with van der Waals surface area (Å²) in [7, 11) is 0. The second kappa shape index (κ2) is 12.2. The Bertz CT molecular complexity index is 877. The highest BCUT2D eigenvalue weighted by atomic mass is 16.6. The van der Waals surface area contributed by atoms with Crippen LogP contribution in [0, 0.1) is 10.1 Å². The van der Waals surface area contributed by atoms with E-state index in [0.29, 0.717) is 31.9 Å². The maximum absolute atomic E-state index is 11.3.